The van der Waals surface area contributed by atoms with Crippen LogP contribution in [0.15, 0.2) is 36.4 Å². The van der Waals surface area contributed by atoms with Crippen LogP contribution >= 0.6 is 34.5 Å². The Morgan fingerprint density at radius 3 is 2.58 bits per heavy atom. The smallest absolute Gasteiger partial charge is 0.337 e. The summed E-state index contributed by atoms with van der Waals surface area (Å²) in [5, 5.41) is 23.3. The molecule has 0 spiro atoms. The summed E-state index contributed by atoms with van der Waals surface area (Å²) in [4.78, 5) is 34.3. The Hall–Kier alpha value is -2.68. The van der Waals surface area contributed by atoms with Crippen LogP contribution in [0.25, 0.3) is 10.1 Å². The minimum atomic E-state index is -1.23. The molecule has 3 rings (SSSR count). The first-order valence-electron chi connectivity index (χ1n) is 6.99. The van der Waals surface area contributed by atoms with Crippen molar-refractivity contribution in [2.24, 2.45) is 0 Å². The lowest BCUT2D eigenvalue weighted by Gasteiger charge is -2.06. The van der Waals surface area contributed by atoms with Gasteiger partial charge in [0.2, 0.25) is 0 Å². The van der Waals surface area contributed by atoms with Gasteiger partial charge in [-0.3, -0.25) is 14.9 Å². The third-order valence-electron chi connectivity index (χ3n) is 3.49. The van der Waals surface area contributed by atoms with Crippen molar-refractivity contribution in [3.63, 3.8) is 0 Å². The van der Waals surface area contributed by atoms with Gasteiger partial charge < -0.3 is 10.4 Å². The number of aromatic carboxylic acids is 1. The summed E-state index contributed by atoms with van der Waals surface area (Å²) < 4.78 is 0.287. The molecule has 0 aliphatic carbocycles. The molecule has 2 N–H and O–H groups in total. The summed E-state index contributed by atoms with van der Waals surface area (Å²) >= 11 is 12.9. The lowest BCUT2D eigenvalue weighted by atomic mass is 10.2. The molecule has 0 radical (unpaired) electrons. The van der Waals surface area contributed by atoms with E-state index in [-0.39, 0.29) is 36.6 Å². The molecule has 0 unspecified atom stereocenters. The van der Waals surface area contributed by atoms with E-state index in [1.165, 1.54) is 30.3 Å². The summed E-state index contributed by atoms with van der Waals surface area (Å²) in [6.45, 7) is 0. The second-order valence-electron chi connectivity index (χ2n) is 5.11. The molecule has 3 aromatic rings. The van der Waals surface area contributed by atoms with Gasteiger partial charge in [-0.15, -0.1) is 11.3 Å². The van der Waals surface area contributed by atoms with Crippen LogP contribution in [0.4, 0.5) is 11.4 Å². The van der Waals surface area contributed by atoms with E-state index in [0.717, 1.165) is 11.3 Å². The van der Waals surface area contributed by atoms with Gasteiger partial charge in [0.15, 0.2) is 0 Å². The van der Waals surface area contributed by atoms with E-state index in [0.29, 0.717) is 5.39 Å². The number of thiophene rings is 1. The number of non-ortho nitro benzene ring substituents is 1. The largest absolute Gasteiger partial charge is 0.478 e. The van der Waals surface area contributed by atoms with Crippen LogP contribution in [0.1, 0.15) is 20.0 Å². The van der Waals surface area contributed by atoms with E-state index in [4.69, 9.17) is 28.3 Å². The monoisotopic (exact) mass is 410 g/mol. The van der Waals surface area contributed by atoms with Crippen LogP contribution in [0, 0.1) is 10.1 Å². The summed E-state index contributed by atoms with van der Waals surface area (Å²) in [6, 6.07) is 8.40. The second-order valence-corrected chi connectivity index (χ2v) is 6.92. The summed E-state index contributed by atoms with van der Waals surface area (Å²) in [6.07, 6.45) is 0. The lowest BCUT2D eigenvalue weighted by molar-refractivity contribution is -0.382. The van der Waals surface area contributed by atoms with Crippen LogP contribution in [-0.2, 0) is 0 Å². The molecule has 0 saturated carbocycles. The molecule has 0 fully saturated rings. The predicted octanol–water partition coefficient (Wildman–Crippen LogP) is 5.07. The number of rotatable bonds is 4. The van der Waals surface area contributed by atoms with E-state index in [9.17, 15) is 19.7 Å². The first-order valence-corrected chi connectivity index (χ1v) is 8.56. The zero-order chi connectivity index (χ0) is 19.0. The average molecular weight is 411 g/mol. The Labute approximate surface area is 159 Å². The minimum absolute atomic E-state index is 0.0334. The van der Waals surface area contributed by atoms with Gasteiger partial charge in [-0.1, -0.05) is 35.3 Å². The Morgan fingerprint density at radius 1 is 1.19 bits per heavy atom. The van der Waals surface area contributed by atoms with Gasteiger partial charge in [-0.25, -0.2) is 4.79 Å². The van der Waals surface area contributed by atoms with Crippen molar-refractivity contribution >= 4 is 67.9 Å². The van der Waals surface area contributed by atoms with E-state index in [1.54, 1.807) is 6.07 Å². The summed E-state index contributed by atoms with van der Waals surface area (Å²) in [5.74, 6) is -1.84. The highest BCUT2D eigenvalue weighted by Crippen LogP contribution is 2.40. The highest BCUT2D eigenvalue weighted by Gasteiger charge is 2.23. The summed E-state index contributed by atoms with van der Waals surface area (Å²) in [5.41, 5.74) is -0.101. The maximum Gasteiger partial charge on any atom is 0.337 e. The predicted molar refractivity (Wildman–Crippen MR) is 99.9 cm³/mol. The number of amides is 1. The molecule has 10 heteroatoms. The first-order chi connectivity index (χ1) is 12.3. The van der Waals surface area contributed by atoms with Crippen LogP contribution in [0.2, 0.25) is 10.0 Å². The topological polar surface area (TPSA) is 110 Å². The van der Waals surface area contributed by atoms with Gasteiger partial charge >= 0.3 is 5.97 Å². The lowest BCUT2D eigenvalue weighted by Crippen LogP contribution is -2.11. The number of anilines is 1. The molecule has 26 heavy (non-hydrogen) atoms. The molecule has 0 bridgehead atoms. The van der Waals surface area contributed by atoms with Crippen LogP contribution in [0.3, 0.4) is 0 Å². The quantitative estimate of drug-likeness (QED) is 0.460. The van der Waals surface area contributed by atoms with Crippen molar-refractivity contribution in [3.8, 4) is 0 Å². The van der Waals surface area contributed by atoms with Gasteiger partial charge in [0.05, 0.1) is 20.5 Å². The number of fused-ring (bicyclic) bond motifs is 1. The summed E-state index contributed by atoms with van der Waals surface area (Å²) in [7, 11) is 0. The zero-order valence-electron chi connectivity index (χ0n) is 12.7. The Balaban J connectivity index is 2.00. The molecule has 1 amide bonds. The normalized spacial score (nSPS) is 10.7. The fourth-order valence-electron chi connectivity index (χ4n) is 2.32. The van der Waals surface area contributed by atoms with E-state index < -0.39 is 16.8 Å². The fourth-order valence-corrected chi connectivity index (χ4v) is 4.01. The zero-order valence-corrected chi connectivity index (χ0v) is 15.0. The number of carboxylic acid groups (broad SMARTS) is 1. The number of hydrogen-bond donors (Lipinski definition) is 2. The van der Waals surface area contributed by atoms with Crippen molar-refractivity contribution in [1.82, 2.24) is 0 Å². The van der Waals surface area contributed by atoms with Crippen LogP contribution in [-0.4, -0.2) is 21.9 Å². The number of carbonyl (C=O) groups excluding carboxylic acids is 1. The second kappa shape index (κ2) is 6.91. The molecule has 132 valence electrons. The van der Waals surface area contributed by atoms with Gasteiger partial charge in [0.25, 0.3) is 11.6 Å². The number of nitro groups is 1. The highest BCUT2D eigenvalue weighted by molar-refractivity contribution is 7.22. The molecular weight excluding hydrogens is 403 g/mol. The molecule has 0 saturated heterocycles. The number of benzene rings is 2. The number of carboxylic acids is 1. The Kier molecular flexibility index (Phi) is 4.82. The van der Waals surface area contributed by atoms with Crippen molar-refractivity contribution in [2.75, 3.05) is 5.32 Å². The number of halogens is 2. The van der Waals surface area contributed by atoms with Gasteiger partial charge in [0.1, 0.15) is 9.58 Å². The van der Waals surface area contributed by atoms with Crippen LogP contribution in [0.5, 0.6) is 0 Å². The van der Waals surface area contributed by atoms with E-state index in [2.05, 4.69) is 5.32 Å². The third kappa shape index (κ3) is 3.22. The van der Waals surface area contributed by atoms with Crippen molar-refractivity contribution in [1.29, 1.82) is 0 Å². The standard InChI is InChI=1S/C16H8Cl2N2O5S/c17-10-5-4-7(6-9(10)16(22)23)19-15(21)14-12(18)8-2-1-3-11(20(24)25)13(8)26-14/h1-6H,(H,19,21)(H,22,23). The SMILES string of the molecule is O=C(O)c1cc(NC(=O)c2sc3c([N+](=O)[O-])cccc3c2Cl)ccc1Cl. The van der Waals surface area contributed by atoms with Gasteiger partial charge in [-0.05, 0) is 18.2 Å². The molecular formula is C16H8Cl2N2O5S. The molecule has 1 aromatic heterocycles. The molecule has 2 aromatic carbocycles. The number of carbonyl (C=O) groups is 2. The maximum atomic E-state index is 12.5. The number of hydrogen-bond acceptors (Lipinski definition) is 5. The molecule has 0 aliphatic heterocycles. The number of nitrogens with one attached hydrogen (secondary N) is 1. The van der Waals surface area contributed by atoms with E-state index in [1.807, 2.05) is 0 Å². The highest BCUT2D eigenvalue weighted by atomic mass is 35.5. The van der Waals surface area contributed by atoms with Crippen molar-refractivity contribution in [3.05, 3.63) is 67.0 Å². The van der Waals surface area contributed by atoms with Crippen LogP contribution < -0.4 is 5.32 Å². The molecule has 0 atom stereocenters. The molecule has 1 heterocycles. The Bertz CT molecular complexity index is 1080. The number of nitrogens with zero attached hydrogens (tertiary/aromatic N) is 1. The van der Waals surface area contributed by atoms with Crippen molar-refractivity contribution < 1.29 is 19.6 Å². The fraction of sp³-hybridized carbons (Fsp3) is 0. The molecule has 7 nitrogen and oxygen atoms in total. The first kappa shape index (κ1) is 18.1. The minimum Gasteiger partial charge on any atom is -0.478 e. The number of nitro benzene ring substituents is 1. The van der Waals surface area contributed by atoms with Gasteiger partial charge in [-0.2, -0.15) is 0 Å². The molecule has 0 aliphatic rings. The van der Waals surface area contributed by atoms with E-state index >= 15 is 0 Å². The van der Waals surface area contributed by atoms with Gasteiger partial charge in [0, 0.05) is 17.1 Å². The third-order valence-corrected chi connectivity index (χ3v) is 5.55. The average Bonchev–Trinajstić information content (AvgIpc) is 2.93. The van der Waals surface area contributed by atoms with Crippen molar-refractivity contribution in [2.45, 2.75) is 0 Å². The Morgan fingerprint density at radius 2 is 1.92 bits per heavy atom. The maximum absolute atomic E-state index is 12.5.